The van der Waals surface area contributed by atoms with Crippen LogP contribution in [0.5, 0.6) is 0 Å². The molecule has 4 aromatic rings. The van der Waals surface area contributed by atoms with Gasteiger partial charge in [-0.15, -0.1) is 0 Å². The van der Waals surface area contributed by atoms with Gasteiger partial charge in [0.25, 0.3) is 5.91 Å². The summed E-state index contributed by atoms with van der Waals surface area (Å²) in [6.45, 7) is 0. The zero-order valence-corrected chi connectivity index (χ0v) is 20.2. The van der Waals surface area contributed by atoms with E-state index in [1.807, 2.05) is 42.5 Å². The summed E-state index contributed by atoms with van der Waals surface area (Å²) < 4.78 is 5.81. The summed E-state index contributed by atoms with van der Waals surface area (Å²) in [5, 5.41) is 2.77. The van der Waals surface area contributed by atoms with Crippen molar-refractivity contribution in [3.05, 3.63) is 138 Å². The maximum absolute atomic E-state index is 13.4. The van der Waals surface area contributed by atoms with Gasteiger partial charge in [-0.2, -0.15) is 0 Å². The Balaban J connectivity index is 1.62. The first-order chi connectivity index (χ1) is 17.0. The van der Waals surface area contributed by atoms with Crippen LogP contribution in [0.25, 0.3) is 0 Å². The molecule has 2 atom stereocenters. The highest BCUT2D eigenvalue weighted by Crippen LogP contribution is 2.32. The molecule has 4 aromatic carbocycles. The van der Waals surface area contributed by atoms with Crippen molar-refractivity contribution in [3.63, 3.8) is 0 Å². The van der Waals surface area contributed by atoms with Crippen LogP contribution in [0.1, 0.15) is 41.5 Å². The normalized spacial score (nSPS) is 12.3. The Bertz CT molecular complexity index is 1310. The van der Waals surface area contributed by atoms with Gasteiger partial charge < -0.3 is 10.1 Å². The Labute approximate surface area is 211 Å². The quantitative estimate of drug-likeness (QED) is 0.161. The van der Waals surface area contributed by atoms with Gasteiger partial charge in [-0.1, -0.05) is 107 Å². The Morgan fingerprint density at radius 3 is 1.80 bits per heavy atom. The number of hydrogen-bond donors (Lipinski definition) is 1. The molecule has 0 aliphatic carbocycles. The first-order valence-corrected chi connectivity index (χ1v) is 11.9. The van der Waals surface area contributed by atoms with E-state index >= 15 is 0 Å². The maximum Gasteiger partial charge on any atom is 0.341 e. The van der Waals surface area contributed by atoms with E-state index in [1.165, 1.54) is 0 Å². The minimum Gasteiger partial charge on any atom is -0.449 e. The van der Waals surface area contributed by atoms with E-state index < -0.39 is 16.9 Å². The predicted molar refractivity (Wildman–Crippen MR) is 139 cm³/mol. The molecule has 4 rings (SSSR count). The smallest absolute Gasteiger partial charge is 0.341 e. The second-order valence-corrected chi connectivity index (χ2v) is 8.72. The Hall–Kier alpha value is -4.03. The van der Waals surface area contributed by atoms with E-state index in [2.05, 4.69) is 21.2 Å². The fourth-order valence-electron chi connectivity index (χ4n) is 3.56. The van der Waals surface area contributed by atoms with Crippen LogP contribution in [0.3, 0.4) is 0 Å². The molecule has 0 saturated heterocycles. The number of halogens is 1. The molecule has 0 aromatic heterocycles. The number of Topliss-reactive ketones (excluding diaryl/α,β-unsaturated/α-hetero) is 1. The van der Waals surface area contributed by atoms with Gasteiger partial charge in [0.1, 0.15) is 0 Å². The summed E-state index contributed by atoms with van der Waals surface area (Å²) in [7, 11) is 0. The lowest BCUT2D eigenvalue weighted by Gasteiger charge is -2.23. The molecular formula is C29H22BrNO4. The summed E-state index contributed by atoms with van der Waals surface area (Å²) in [6.07, 6.45) is -1.13. The lowest BCUT2D eigenvalue weighted by molar-refractivity contribution is 0.0283. The number of nitrogens with one attached hydrogen (secondary N) is 1. The summed E-state index contributed by atoms with van der Waals surface area (Å²) >= 11 is 3.57. The Morgan fingerprint density at radius 1 is 0.657 bits per heavy atom. The largest absolute Gasteiger partial charge is 0.449 e. The molecule has 0 aliphatic heterocycles. The standard InChI is InChI=1S/C29H22BrNO4/c30-25(20-12-4-1-5-13-20)27(26(32)21-14-6-2-7-15-21)35-29(34)23-18-10-11-19-24(23)31-28(33)22-16-8-3-9-17-22/h1-19,25,27H,(H,31,33)/t25-,27+/m0/s1. The number of para-hydroxylation sites is 1. The molecule has 0 radical (unpaired) electrons. The first kappa shape index (κ1) is 24.1. The zero-order chi connectivity index (χ0) is 24.6. The van der Waals surface area contributed by atoms with E-state index in [9.17, 15) is 14.4 Å². The SMILES string of the molecule is O=C(Nc1ccccc1C(=O)O[C@@H](C(=O)c1ccccc1)[C@@H](Br)c1ccccc1)c1ccccc1. The number of ketones is 1. The molecular weight excluding hydrogens is 506 g/mol. The van der Waals surface area contributed by atoms with Crippen LogP contribution in [0.4, 0.5) is 5.69 Å². The highest BCUT2D eigenvalue weighted by molar-refractivity contribution is 9.09. The van der Waals surface area contributed by atoms with Gasteiger partial charge >= 0.3 is 5.97 Å². The molecule has 35 heavy (non-hydrogen) atoms. The second kappa shape index (κ2) is 11.4. The van der Waals surface area contributed by atoms with Crippen molar-refractivity contribution in [3.8, 4) is 0 Å². The molecule has 0 spiro atoms. The van der Waals surface area contributed by atoms with E-state index in [1.54, 1.807) is 72.8 Å². The van der Waals surface area contributed by atoms with E-state index in [0.717, 1.165) is 5.56 Å². The highest BCUT2D eigenvalue weighted by atomic mass is 79.9. The third-order valence-electron chi connectivity index (χ3n) is 5.37. The van der Waals surface area contributed by atoms with Crippen molar-refractivity contribution in [1.82, 2.24) is 0 Å². The molecule has 0 heterocycles. The summed E-state index contributed by atoms with van der Waals surface area (Å²) in [5.74, 6) is -1.41. The Kier molecular flexibility index (Phi) is 7.85. The molecule has 1 N–H and O–H groups in total. The first-order valence-electron chi connectivity index (χ1n) is 11.0. The second-order valence-electron chi connectivity index (χ2n) is 7.73. The van der Waals surface area contributed by atoms with Crippen molar-refractivity contribution < 1.29 is 19.1 Å². The van der Waals surface area contributed by atoms with Crippen LogP contribution < -0.4 is 5.32 Å². The van der Waals surface area contributed by atoms with Gasteiger partial charge in [0, 0.05) is 11.1 Å². The summed E-state index contributed by atoms with van der Waals surface area (Å²) in [5.41, 5.74) is 2.12. The molecule has 6 heteroatoms. The van der Waals surface area contributed by atoms with Gasteiger partial charge in [0.15, 0.2) is 6.10 Å². The van der Waals surface area contributed by atoms with Crippen LogP contribution in [0, 0.1) is 0 Å². The number of rotatable bonds is 8. The van der Waals surface area contributed by atoms with Crippen molar-refractivity contribution in [2.75, 3.05) is 5.32 Å². The van der Waals surface area contributed by atoms with Gasteiger partial charge in [0.05, 0.1) is 16.1 Å². The molecule has 0 fully saturated rings. The molecule has 0 unspecified atom stereocenters. The summed E-state index contributed by atoms with van der Waals surface area (Å²) in [6, 6.07) is 33.2. The topological polar surface area (TPSA) is 72.5 Å². The third kappa shape index (κ3) is 5.91. The van der Waals surface area contributed by atoms with E-state index in [-0.39, 0.29) is 17.3 Å². The number of benzene rings is 4. The average molecular weight is 528 g/mol. The number of carbonyl (C=O) groups excluding carboxylic acids is 3. The van der Waals surface area contributed by atoms with Crippen LogP contribution in [0.15, 0.2) is 115 Å². The minimum atomic E-state index is -1.13. The lowest BCUT2D eigenvalue weighted by atomic mass is 9.99. The third-order valence-corrected chi connectivity index (χ3v) is 6.37. The summed E-state index contributed by atoms with van der Waals surface area (Å²) in [4.78, 5) is 38.8. The number of ether oxygens (including phenoxy) is 1. The molecule has 174 valence electrons. The highest BCUT2D eigenvalue weighted by Gasteiger charge is 2.33. The van der Waals surface area contributed by atoms with Crippen LogP contribution in [-0.4, -0.2) is 23.8 Å². The molecule has 1 amide bonds. The van der Waals surface area contributed by atoms with Crippen LogP contribution >= 0.6 is 15.9 Å². The number of carbonyl (C=O) groups is 3. The van der Waals surface area contributed by atoms with Gasteiger partial charge in [-0.25, -0.2) is 4.79 Å². The number of alkyl halides is 1. The zero-order valence-electron chi connectivity index (χ0n) is 18.6. The monoisotopic (exact) mass is 527 g/mol. The van der Waals surface area contributed by atoms with Gasteiger partial charge in [0.2, 0.25) is 5.78 Å². The number of anilines is 1. The van der Waals surface area contributed by atoms with Crippen molar-refractivity contribution in [2.24, 2.45) is 0 Å². The lowest BCUT2D eigenvalue weighted by Crippen LogP contribution is -2.31. The Morgan fingerprint density at radius 2 is 1.17 bits per heavy atom. The van der Waals surface area contributed by atoms with Gasteiger partial charge in [-0.3, -0.25) is 9.59 Å². The van der Waals surface area contributed by atoms with Crippen molar-refractivity contribution in [2.45, 2.75) is 10.9 Å². The van der Waals surface area contributed by atoms with Crippen LogP contribution in [-0.2, 0) is 4.74 Å². The van der Waals surface area contributed by atoms with Crippen molar-refractivity contribution in [1.29, 1.82) is 0 Å². The van der Waals surface area contributed by atoms with E-state index in [4.69, 9.17) is 4.74 Å². The molecule has 0 saturated carbocycles. The van der Waals surface area contributed by atoms with Crippen molar-refractivity contribution >= 4 is 39.3 Å². The van der Waals surface area contributed by atoms with Gasteiger partial charge in [-0.05, 0) is 29.8 Å². The minimum absolute atomic E-state index is 0.149. The fourth-order valence-corrected chi connectivity index (χ4v) is 4.21. The number of hydrogen-bond acceptors (Lipinski definition) is 4. The maximum atomic E-state index is 13.4. The van der Waals surface area contributed by atoms with E-state index in [0.29, 0.717) is 16.8 Å². The average Bonchev–Trinajstić information content (AvgIpc) is 2.92. The number of amides is 1. The molecule has 0 aliphatic rings. The predicted octanol–water partition coefficient (Wildman–Crippen LogP) is 6.48. The molecule has 0 bridgehead atoms. The number of esters is 1. The molecule has 5 nitrogen and oxygen atoms in total. The fraction of sp³-hybridized carbons (Fsp3) is 0.0690. The van der Waals surface area contributed by atoms with Crippen LogP contribution in [0.2, 0.25) is 0 Å².